The predicted octanol–water partition coefficient (Wildman–Crippen LogP) is 4.87. The van der Waals surface area contributed by atoms with Crippen molar-refractivity contribution < 1.29 is 24.5 Å². The number of aliphatic carboxylic acids is 1. The van der Waals surface area contributed by atoms with Gasteiger partial charge >= 0.3 is 12.1 Å². The van der Waals surface area contributed by atoms with Gasteiger partial charge < -0.3 is 14.9 Å². The third-order valence-electron chi connectivity index (χ3n) is 4.15. The lowest BCUT2D eigenvalue weighted by Crippen LogP contribution is -2.17. The number of fused-ring (bicyclic) bond motifs is 1. The van der Waals surface area contributed by atoms with Gasteiger partial charge in [-0.15, -0.1) is 0 Å². The number of nitrogens with one attached hydrogen (secondary N) is 1. The number of benzene rings is 3. The Hall–Kier alpha value is -3.80. The maximum Gasteiger partial charge on any atom is 0.412 e. The van der Waals surface area contributed by atoms with Crippen LogP contribution in [0.1, 0.15) is 18.1 Å². The molecule has 0 heterocycles. The molecule has 0 fully saturated rings. The Kier molecular flexibility index (Phi) is 5.91. The highest BCUT2D eigenvalue weighted by Crippen LogP contribution is 2.26. The minimum Gasteiger partial charge on any atom is -0.508 e. The topological polar surface area (TPSA) is 95.9 Å². The van der Waals surface area contributed by atoms with Crippen molar-refractivity contribution in [3.63, 3.8) is 0 Å². The lowest BCUT2D eigenvalue weighted by Gasteiger charge is -2.18. The van der Waals surface area contributed by atoms with Gasteiger partial charge in [0.25, 0.3) is 0 Å². The molecule has 6 heteroatoms. The van der Waals surface area contributed by atoms with Crippen LogP contribution < -0.4 is 5.32 Å². The van der Waals surface area contributed by atoms with E-state index in [1.165, 1.54) is 18.2 Å². The summed E-state index contributed by atoms with van der Waals surface area (Å²) in [6.45, 7) is 0. The average molecular weight is 377 g/mol. The summed E-state index contributed by atoms with van der Waals surface area (Å²) in [7, 11) is 0. The van der Waals surface area contributed by atoms with Gasteiger partial charge in [0, 0.05) is 17.9 Å². The summed E-state index contributed by atoms with van der Waals surface area (Å²) in [4.78, 5) is 23.2. The summed E-state index contributed by atoms with van der Waals surface area (Å²) >= 11 is 0. The second kappa shape index (κ2) is 8.73. The van der Waals surface area contributed by atoms with Gasteiger partial charge in [-0.25, -0.2) is 9.59 Å². The fourth-order valence-electron chi connectivity index (χ4n) is 2.84. The Bertz CT molecular complexity index is 1010. The van der Waals surface area contributed by atoms with E-state index in [-0.39, 0.29) is 12.2 Å². The molecule has 1 amide bonds. The van der Waals surface area contributed by atoms with Crippen LogP contribution in [0.25, 0.3) is 10.8 Å². The summed E-state index contributed by atoms with van der Waals surface area (Å²) < 4.78 is 5.54. The molecule has 3 N–H and O–H groups in total. The SMILES string of the molecule is O=C(O)/C=C/C[C@H](OC(=O)Nc1cccc2ccccc12)c1ccc(O)cc1. The summed E-state index contributed by atoms with van der Waals surface area (Å²) in [6.07, 6.45) is 1.24. The number of phenolic OH excluding ortho intramolecular Hbond substituents is 1. The summed E-state index contributed by atoms with van der Waals surface area (Å²) in [5.41, 5.74) is 1.26. The first kappa shape index (κ1) is 19.0. The van der Waals surface area contributed by atoms with Crippen LogP contribution in [0.2, 0.25) is 0 Å². The Morgan fingerprint density at radius 3 is 2.46 bits per heavy atom. The monoisotopic (exact) mass is 377 g/mol. The number of ether oxygens (including phenoxy) is 1. The predicted molar refractivity (Wildman–Crippen MR) is 106 cm³/mol. The smallest absolute Gasteiger partial charge is 0.412 e. The van der Waals surface area contributed by atoms with E-state index in [0.29, 0.717) is 11.3 Å². The maximum absolute atomic E-state index is 12.5. The van der Waals surface area contributed by atoms with E-state index in [1.54, 1.807) is 18.2 Å². The Balaban J connectivity index is 1.78. The fraction of sp³-hybridized carbons (Fsp3) is 0.0909. The summed E-state index contributed by atoms with van der Waals surface area (Å²) in [6, 6.07) is 19.4. The molecule has 0 saturated heterocycles. The molecule has 0 bridgehead atoms. The van der Waals surface area contributed by atoms with E-state index >= 15 is 0 Å². The molecule has 0 aliphatic carbocycles. The molecular weight excluding hydrogens is 358 g/mol. The first-order valence-electron chi connectivity index (χ1n) is 8.67. The van der Waals surface area contributed by atoms with Gasteiger partial charge in [0.2, 0.25) is 0 Å². The van der Waals surface area contributed by atoms with Crippen LogP contribution in [-0.4, -0.2) is 22.3 Å². The number of anilines is 1. The largest absolute Gasteiger partial charge is 0.508 e. The number of carboxylic acids is 1. The molecule has 28 heavy (non-hydrogen) atoms. The Labute approximate surface area is 161 Å². The molecule has 1 atom stereocenters. The number of carbonyl (C=O) groups excluding carboxylic acids is 1. The average Bonchev–Trinajstić information content (AvgIpc) is 2.68. The molecule has 0 unspecified atom stereocenters. The van der Waals surface area contributed by atoms with Gasteiger partial charge in [-0.05, 0) is 29.1 Å². The third kappa shape index (κ3) is 4.88. The zero-order chi connectivity index (χ0) is 19.9. The number of amides is 1. The molecule has 3 aromatic rings. The zero-order valence-corrected chi connectivity index (χ0v) is 14.9. The van der Waals surface area contributed by atoms with Crippen LogP contribution in [0.4, 0.5) is 10.5 Å². The second-order valence-electron chi connectivity index (χ2n) is 6.11. The highest BCUT2D eigenvalue weighted by Gasteiger charge is 2.17. The minimum atomic E-state index is -1.08. The molecule has 0 aromatic heterocycles. The molecule has 0 aliphatic heterocycles. The Morgan fingerprint density at radius 2 is 1.71 bits per heavy atom. The molecule has 0 saturated carbocycles. The fourth-order valence-corrected chi connectivity index (χ4v) is 2.84. The molecule has 0 spiro atoms. The van der Waals surface area contributed by atoms with E-state index in [1.807, 2.05) is 36.4 Å². The molecular formula is C22H19NO5. The van der Waals surface area contributed by atoms with Crippen LogP contribution in [-0.2, 0) is 9.53 Å². The lowest BCUT2D eigenvalue weighted by molar-refractivity contribution is -0.131. The van der Waals surface area contributed by atoms with Crippen molar-refractivity contribution in [1.82, 2.24) is 0 Å². The van der Waals surface area contributed by atoms with Crippen molar-refractivity contribution in [2.75, 3.05) is 5.32 Å². The number of aromatic hydroxyl groups is 1. The van der Waals surface area contributed by atoms with Crippen LogP contribution in [0.5, 0.6) is 5.75 Å². The number of carboxylic acid groups (broad SMARTS) is 1. The van der Waals surface area contributed by atoms with E-state index in [2.05, 4.69) is 5.32 Å². The summed E-state index contributed by atoms with van der Waals surface area (Å²) in [5.74, 6) is -0.992. The van der Waals surface area contributed by atoms with E-state index in [0.717, 1.165) is 16.8 Å². The first-order valence-corrected chi connectivity index (χ1v) is 8.67. The summed E-state index contributed by atoms with van der Waals surface area (Å²) in [5, 5.41) is 22.8. The van der Waals surface area contributed by atoms with Crippen LogP contribution >= 0.6 is 0 Å². The molecule has 3 aromatic carbocycles. The molecule has 142 valence electrons. The number of rotatable bonds is 6. The van der Waals surface area contributed by atoms with Crippen molar-refractivity contribution in [2.24, 2.45) is 0 Å². The number of phenols is 1. The van der Waals surface area contributed by atoms with Crippen molar-refractivity contribution in [3.8, 4) is 5.75 Å². The van der Waals surface area contributed by atoms with Crippen LogP contribution in [0, 0.1) is 0 Å². The normalized spacial score (nSPS) is 12.0. The van der Waals surface area contributed by atoms with Crippen molar-refractivity contribution in [1.29, 1.82) is 0 Å². The molecule has 0 radical (unpaired) electrons. The highest BCUT2D eigenvalue weighted by atomic mass is 16.6. The van der Waals surface area contributed by atoms with Gasteiger partial charge in [-0.1, -0.05) is 54.6 Å². The van der Waals surface area contributed by atoms with E-state index in [4.69, 9.17) is 9.84 Å². The minimum absolute atomic E-state index is 0.0868. The molecule has 0 aliphatic rings. The van der Waals surface area contributed by atoms with Crippen molar-refractivity contribution >= 4 is 28.5 Å². The van der Waals surface area contributed by atoms with E-state index < -0.39 is 18.2 Å². The first-order chi connectivity index (χ1) is 13.5. The maximum atomic E-state index is 12.5. The second-order valence-corrected chi connectivity index (χ2v) is 6.11. The van der Waals surface area contributed by atoms with Gasteiger partial charge in [0.1, 0.15) is 11.9 Å². The standard InChI is InChI=1S/C22H19NO5/c24-17-13-11-16(12-14-17)20(9-4-10-21(25)26)28-22(27)23-19-8-3-6-15-5-1-2-7-18(15)19/h1-8,10-14,20,24H,9H2,(H,23,27)(H,25,26)/b10-4+/t20-/m0/s1. The number of hydrogen-bond acceptors (Lipinski definition) is 4. The third-order valence-corrected chi connectivity index (χ3v) is 4.15. The van der Waals surface area contributed by atoms with Crippen LogP contribution in [0.3, 0.4) is 0 Å². The Morgan fingerprint density at radius 1 is 1.00 bits per heavy atom. The van der Waals surface area contributed by atoms with Crippen LogP contribution in [0.15, 0.2) is 78.9 Å². The zero-order valence-electron chi connectivity index (χ0n) is 14.9. The number of hydrogen-bond donors (Lipinski definition) is 3. The molecule has 3 rings (SSSR count). The van der Waals surface area contributed by atoms with Crippen molar-refractivity contribution in [3.05, 3.63) is 84.4 Å². The quantitative estimate of drug-likeness (QED) is 0.533. The number of carbonyl (C=O) groups is 2. The lowest BCUT2D eigenvalue weighted by atomic mass is 10.1. The highest BCUT2D eigenvalue weighted by molar-refractivity contribution is 6.00. The van der Waals surface area contributed by atoms with Gasteiger partial charge in [-0.3, -0.25) is 5.32 Å². The van der Waals surface area contributed by atoms with Gasteiger partial charge in [0.15, 0.2) is 0 Å². The van der Waals surface area contributed by atoms with E-state index in [9.17, 15) is 14.7 Å². The van der Waals surface area contributed by atoms with Gasteiger partial charge in [0.05, 0.1) is 5.69 Å². The molecule has 6 nitrogen and oxygen atoms in total. The van der Waals surface area contributed by atoms with Crippen molar-refractivity contribution in [2.45, 2.75) is 12.5 Å². The van der Waals surface area contributed by atoms with Gasteiger partial charge in [-0.2, -0.15) is 0 Å².